The molecule has 1 aromatic heterocycles. The molecule has 4 N–H and O–H groups in total. The van der Waals surface area contributed by atoms with E-state index in [-0.39, 0.29) is 0 Å². The van der Waals surface area contributed by atoms with E-state index in [1.165, 1.54) is 0 Å². The molecular weight excluding hydrogens is 284 g/mol. The van der Waals surface area contributed by atoms with Gasteiger partial charge in [0.05, 0.1) is 4.47 Å². The Morgan fingerprint density at radius 3 is 2.82 bits per heavy atom. The molecule has 1 aromatic rings. The van der Waals surface area contributed by atoms with E-state index in [1.807, 2.05) is 0 Å². The van der Waals surface area contributed by atoms with Gasteiger partial charge >= 0.3 is 0 Å². The molecule has 0 atom stereocenters. The fourth-order valence-corrected chi connectivity index (χ4v) is 1.50. The van der Waals surface area contributed by atoms with Gasteiger partial charge in [0.2, 0.25) is 5.95 Å². The molecule has 7 heteroatoms. The molecule has 0 aliphatic carbocycles. The highest BCUT2D eigenvalue weighted by Crippen LogP contribution is 2.19. The van der Waals surface area contributed by atoms with Crippen LogP contribution >= 0.6 is 15.9 Å². The number of nitrogens with zero attached hydrogens (tertiary/aromatic N) is 3. The van der Waals surface area contributed by atoms with Gasteiger partial charge in [0.25, 0.3) is 0 Å². The molecule has 6 nitrogen and oxygen atoms in total. The quantitative estimate of drug-likeness (QED) is 0.543. The number of anilines is 2. The van der Waals surface area contributed by atoms with Crippen molar-refractivity contribution in [3.8, 4) is 0 Å². The number of hydrazine groups is 1. The summed E-state index contributed by atoms with van der Waals surface area (Å²) < 4.78 is 0.823. The van der Waals surface area contributed by atoms with E-state index in [0.717, 1.165) is 23.4 Å². The van der Waals surface area contributed by atoms with Gasteiger partial charge in [0.1, 0.15) is 5.82 Å². The van der Waals surface area contributed by atoms with Gasteiger partial charge in [-0.15, -0.1) is 0 Å². The summed E-state index contributed by atoms with van der Waals surface area (Å²) in [6.07, 6.45) is 1.66. The van der Waals surface area contributed by atoms with Crippen LogP contribution < -0.4 is 16.6 Å². The Labute approximate surface area is 110 Å². The lowest BCUT2D eigenvalue weighted by Crippen LogP contribution is -2.31. The summed E-state index contributed by atoms with van der Waals surface area (Å²) in [4.78, 5) is 10.4. The van der Waals surface area contributed by atoms with Crippen LogP contribution in [0.1, 0.15) is 13.8 Å². The monoisotopic (exact) mass is 302 g/mol. The summed E-state index contributed by atoms with van der Waals surface area (Å²) in [5.74, 6) is 6.40. The predicted octanol–water partition coefficient (Wildman–Crippen LogP) is 1.28. The van der Waals surface area contributed by atoms with E-state index in [2.05, 4.69) is 62.4 Å². The van der Waals surface area contributed by atoms with Crippen LogP contribution in [0, 0.1) is 0 Å². The summed E-state index contributed by atoms with van der Waals surface area (Å²) >= 11 is 3.39. The first-order valence-corrected chi connectivity index (χ1v) is 6.27. The van der Waals surface area contributed by atoms with Crippen molar-refractivity contribution >= 4 is 27.7 Å². The first-order chi connectivity index (χ1) is 8.04. The minimum absolute atomic E-state index is 0.396. The molecule has 0 radical (unpaired) electrons. The molecule has 0 amide bonds. The molecule has 0 saturated heterocycles. The fourth-order valence-electron chi connectivity index (χ4n) is 1.17. The van der Waals surface area contributed by atoms with E-state index in [9.17, 15) is 0 Å². The second-order valence-electron chi connectivity index (χ2n) is 4.04. The summed E-state index contributed by atoms with van der Waals surface area (Å²) in [6.45, 7) is 6.09. The van der Waals surface area contributed by atoms with Crippen LogP contribution in [0.2, 0.25) is 0 Å². The highest BCUT2D eigenvalue weighted by molar-refractivity contribution is 9.10. The second-order valence-corrected chi connectivity index (χ2v) is 4.89. The van der Waals surface area contributed by atoms with Gasteiger partial charge in [-0.3, -0.25) is 5.43 Å². The molecule has 0 aromatic carbocycles. The van der Waals surface area contributed by atoms with Gasteiger partial charge in [0.15, 0.2) is 0 Å². The van der Waals surface area contributed by atoms with Crippen molar-refractivity contribution in [2.24, 2.45) is 5.84 Å². The van der Waals surface area contributed by atoms with Crippen molar-refractivity contribution in [3.63, 3.8) is 0 Å². The maximum absolute atomic E-state index is 5.26. The van der Waals surface area contributed by atoms with Gasteiger partial charge < -0.3 is 10.2 Å². The average molecular weight is 303 g/mol. The van der Waals surface area contributed by atoms with Crippen LogP contribution in [0.5, 0.6) is 0 Å². The van der Waals surface area contributed by atoms with Crippen molar-refractivity contribution in [1.29, 1.82) is 0 Å². The van der Waals surface area contributed by atoms with Crippen molar-refractivity contribution in [3.05, 3.63) is 10.7 Å². The third-order valence-corrected chi connectivity index (χ3v) is 3.09. The molecule has 0 fully saturated rings. The lowest BCUT2D eigenvalue weighted by Gasteiger charge is -2.21. The Balaban J connectivity index is 2.51. The van der Waals surface area contributed by atoms with Gasteiger partial charge in [0, 0.05) is 25.3 Å². The average Bonchev–Trinajstić information content (AvgIpc) is 2.31. The van der Waals surface area contributed by atoms with Crippen LogP contribution in [0.4, 0.5) is 11.8 Å². The lowest BCUT2D eigenvalue weighted by atomic mass is 10.3. The Morgan fingerprint density at radius 1 is 1.53 bits per heavy atom. The van der Waals surface area contributed by atoms with E-state index >= 15 is 0 Å². The molecule has 1 heterocycles. The number of hydrogen-bond acceptors (Lipinski definition) is 6. The van der Waals surface area contributed by atoms with Crippen molar-refractivity contribution in [1.82, 2.24) is 14.9 Å². The molecule has 0 aliphatic heterocycles. The third kappa shape index (κ3) is 4.45. The van der Waals surface area contributed by atoms with Crippen LogP contribution in [0.15, 0.2) is 10.7 Å². The summed E-state index contributed by atoms with van der Waals surface area (Å²) in [5, 5.41) is 3.24. The fraction of sp³-hybridized carbons (Fsp3) is 0.600. The number of aromatic nitrogens is 2. The normalized spacial score (nSPS) is 11.0. The standard InChI is InChI=1S/C10H19BrN6/c1-7(2)17(3)5-4-13-9-8(11)6-14-10(15-9)16-12/h6-7H,4-5,12H2,1-3H3,(H2,13,14,15,16). The Hall–Kier alpha value is -0.920. The van der Waals surface area contributed by atoms with Gasteiger partial charge in [-0.2, -0.15) is 4.98 Å². The number of nitrogen functional groups attached to an aromatic ring is 1. The molecule has 0 bridgehead atoms. The number of hydrogen-bond donors (Lipinski definition) is 3. The minimum atomic E-state index is 0.396. The van der Waals surface area contributed by atoms with Gasteiger partial charge in [-0.05, 0) is 36.8 Å². The Kier molecular flexibility index (Phi) is 5.60. The zero-order chi connectivity index (χ0) is 12.8. The van der Waals surface area contributed by atoms with Crippen LogP contribution in [-0.2, 0) is 0 Å². The summed E-state index contributed by atoms with van der Waals surface area (Å²) in [5.41, 5.74) is 2.42. The van der Waals surface area contributed by atoms with Gasteiger partial charge in [-0.25, -0.2) is 10.8 Å². The van der Waals surface area contributed by atoms with Crippen LogP contribution in [0.3, 0.4) is 0 Å². The number of nitrogens with two attached hydrogens (primary N) is 1. The topological polar surface area (TPSA) is 79.1 Å². The Morgan fingerprint density at radius 2 is 2.24 bits per heavy atom. The maximum Gasteiger partial charge on any atom is 0.239 e. The minimum Gasteiger partial charge on any atom is -0.368 e. The number of rotatable bonds is 6. The largest absolute Gasteiger partial charge is 0.368 e. The summed E-state index contributed by atoms with van der Waals surface area (Å²) in [7, 11) is 2.09. The number of nitrogens with one attached hydrogen (secondary N) is 2. The molecule has 0 saturated carbocycles. The molecule has 17 heavy (non-hydrogen) atoms. The smallest absolute Gasteiger partial charge is 0.239 e. The molecule has 0 spiro atoms. The molecule has 96 valence electrons. The van der Waals surface area contributed by atoms with E-state index < -0.39 is 0 Å². The van der Waals surface area contributed by atoms with Crippen LogP contribution in [-0.4, -0.2) is 41.0 Å². The first kappa shape index (κ1) is 14.1. The molecule has 1 rings (SSSR count). The SMILES string of the molecule is CC(C)N(C)CCNc1nc(NN)ncc1Br. The van der Waals surface area contributed by atoms with Crippen molar-refractivity contribution in [2.75, 3.05) is 30.9 Å². The van der Waals surface area contributed by atoms with Crippen LogP contribution in [0.25, 0.3) is 0 Å². The van der Waals surface area contributed by atoms with Crippen molar-refractivity contribution in [2.45, 2.75) is 19.9 Å². The van der Waals surface area contributed by atoms with Crippen molar-refractivity contribution < 1.29 is 0 Å². The second kappa shape index (κ2) is 6.73. The highest BCUT2D eigenvalue weighted by atomic mass is 79.9. The zero-order valence-corrected chi connectivity index (χ0v) is 12.0. The van der Waals surface area contributed by atoms with E-state index in [4.69, 9.17) is 5.84 Å². The molecule has 0 aliphatic rings. The van der Waals surface area contributed by atoms with E-state index in [0.29, 0.717) is 12.0 Å². The number of likely N-dealkylation sites (N-methyl/N-ethyl adjacent to an activating group) is 1. The zero-order valence-electron chi connectivity index (χ0n) is 10.4. The lowest BCUT2D eigenvalue weighted by molar-refractivity contribution is 0.284. The number of halogens is 1. The first-order valence-electron chi connectivity index (χ1n) is 5.48. The predicted molar refractivity (Wildman–Crippen MR) is 73.8 cm³/mol. The van der Waals surface area contributed by atoms with E-state index in [1.54, 1.807) is 6.20 Å². The summed E-state index contributed by atoms with van der Waals surface area (Å²) in [6, 6.07) is 0.534. The molecular formula is C10H19BrN6. The maximum atomic E-state index is 5.26. The Bertz CT molecular complexity index is 357. The molecule has 0 unspecified atom stereocenters. The van der Waals surface area contributed by atoms with Gasteiger partial charge in [-0.1, -0.05) is 0 Å². The third-order valence-electron chi connectivity index (χ3n) is 2.51. The highest BCUT2D eigenvalue weighted by Gasteiger charge is 2.05.